The molecule has 1 fully saturated rings. The molecular formula is C16H21FN4. The number of fused-ring (bicyclic) bond motifs is 1. The van der Waals surface area contributed by atoms with E-state index in [0.717, 1.165) is 31.3 Å². The Balaban J connectivity index is 1.98. The molecule has 0 radical (unpaired) electrons. The molecule has 2 aromatic rings. The molecule has 1 saturated heterocycles. The van der Waals surface area contributed by atoms with Gasteiger partial charge in [-0.15, -0.1) is 0 Å². The first-order chi connectivity index (χ1) is 10.1. The van der Waals surface area contributed by atoms with Crippen LogP contribution in [-0.2, 0) is 0 Å². The minimum absolute atomic E-state index is 0.276. The van der Waals surface area contributed by atoms with E-state index >= 15 is 0 Å². The first kappa shape index (κ1) is 14.1. The summed E-state index contributed by atoms with van der Waals surface area (Å²) in [5, 5.41) is 0.823. The SMILES string of the molecule is CN(C)C1CCN(c2c(F)cc(N)c3cccnc23)CC1. The van der Waals surface area contributed by atoms with Gasteiger partial charge in [0, 0.05) is 36.4 Å². The van der Waals surface area contributed by atoms with E-state index < -0.39 is 0 Å². The maximum atomic E-state index is 14.4. The summed E-state index contributed by atoms with van der Waals surface area (Å²) in [4.78, 5) is 8.70. The Morgan fingerprint density at radius 1 is 1.33 bits per heavy atom. The molecule has 2 heterocycles. The monoisotopic (exact) mass is 288 g/mol. The van der Waals surface area contributed by atoms with Gasteiger partial charge in [-0.05, 0) is 45.1 Å². The fourth-order valence-electron chi connectivity index (χ4n) is 3.13. The first-order valence-electron chi connectivity index (χ1n) is 7.32. The number of aromatic nitrogens is 1. The molecule has 5 heteroatoms. The fourth-order valence-corrected chi connectivity index (χ4v) is 3.13. The third kappa shape index (κ3) is 2.53. The lowest BCUT2D eigenvalue weighted by Crippen LogP contribution is -2.42. The quantitative estimate of drug-likeness (QED) is 0.862. The largest absolute Gasteiger partial charge is 0.398 e. The van der Waals surface area contributed by atoms with E-state index in [2.05, 4.69) is 28.9 Å². The number of hydrogen-bond donors (Lipinski definition) is 1. The zero-order valence-electron chi connectivity index (χ0n) is 12.5. The number of anilines is 2. The van der Waals surface area contributed by atoms with Crippen LogP contribution in [0.3, 0.4) is 0 Å². The number of halogens is 1. The molecule has 2 N–H and O–H groups in total. The van der Waals surface area contributed by atoms with Crippen molar-refractivity contribution in [2.75, 3.05) is 37.8 Å². The molecule has 21 heavy (non-hydrogen) atoms. The third-order valence-electron chi connectivity index (χ3n) is 4.36. The lowest BCUT2D eigenvalue weighted by Gasteiger charge is -2.36. The van der Waals surface area contributed by atoms with Crippen LogP contribution in [0.1, 0.15) is 12.8 Å². The maximum Gasteiger partial charge on any atom is 0.150 e. The number of nitrogen functional groups attached to an aromatic ring is 1. The Kier molecular flexibility index (Phi) is 3.68. The van der Waals surface area contributed by atoms with Crippen molar-refractivity contribution >= 4 is 22.3 Å². The second-order valence-corrected chi connectivity index (χ2v) is 5.88. The van der Waals surface area contributed by atoms with Crippen molar-refractivity contribution in [2.24, 2.45) is 0 Å². The zero-order valence-corrected chi connectivity index (χ0v) is 12.5. The Bertz CT molecular complexity index is 648. The van der Waals surface area contributed by atoms with Gasteiger partial charge in [-0.2, -0.15) is 0 Å². The molecule has 0 amide bonds. The van der Waals surface area contributed by atoms with Gasteiger partial charge in [0.05, 0.1) is 11.2 Å². The molecule has 0 unspecified atom stereocenters. The van der Waals surface area contributed by atoms with Gasteiger partial charge < -0.3 is 15.5 Å². The van der Waals surface area contributed by atoms with Crippen molar-refractivity contribution in [3.63, 3.8) is 0 Å². The average molecular weight is 288 g/mol. The van der Waals surface area contributed by atoms with Gasteiger partial charge in [-0.3, -0.25) is 4.98 Å². The lowest BCUT2D eigenvalue weighted by atomic mass is 10.0. The Morgan fingerprint density at radius 2 is 2.05 bits per heavy atom. The van der Waals surface area contributed by atoms with Crippen LogP contribution in [0.15, 0.2) is 24.4 Å². The van der Waals surface area contributed by atoms with E-state index in [1.165, 1.54) is 6.07 Å². The highest BCUT2D eigenvalue weighted by Gasteiger charge is 2.24. The van der Waals surface area contributed by atoms with Crippen LogP contribution in [0, 0.1) is 5.82 Å². The molecule has 0 spiro atoms. The Hall–Kier alpha value is -1.88. The van der Waals surface area contributed by atoms with Crippen LogP contribution in [0.5, 0.6) is 0 Å². The van der Waals surface area contributed by atoms with Crippen LogP contribution in [0.4, 0.5) is 15.8 Å². The highest BCUT2D eigenvalue weighted by Crippen LogP contribution is 2.34. The fraction of sp³-hybridized carbons (Fsp3) is 0.438. The number of rotatable bonds is 2. The molecule has 0 atom stereocenters. The maximum absolute atomic E-state index is 14.4. The van der Waals surface area contributed by atoms with E-state index in [1.54, 1.807) is 6.20 Å². The molecule has 1 aliphatic heterocycles. The third-order valence-corrected chi connectivity index (χ3v) is 4.36. The van der Waals surface area contributed by atoms with Crippen molar-refractivity contribution < 1.29 is 4.39 Å². The minimum atomic E-state index is -0.276. The summed E-state index contributed by atoms with van der Waals surface area (Å²) in [6, 6.07) is 5.71. The summed E-state index contributed by atoms with van der Waals surface area (Å²) in [5.74, 6) is -0.276. The van der Waals surface area contributed by atoms with Gasteiger partial charge in [0.15, 0.2) is 5.82 Å². The van der Waals surface area contributed by atoms with Crippen LogP contribution in [0.25, 0.3) is 10.9 Å². The van der Waals surface area contributed by atoms with Crippen molar-refractivity contribution in [1.82, 2.24) is 9.88 Å². The molecule has 112 valence electrons. The first-order valence-corrected chi connectivity index (χ1v) is 7.32. The number of nitrogens with zero attached hydrogens (tertiary/aromatic N) is 3. The van der Waals surface area contributed by atoms with Gasteiger partial charge in [0.1, 0.15) is 0 Å². The zero-order chi connectivity index (χ0) is 15.0. The molecule has 1 aromatic carbocycles. The predicted octanol–water partition coefficient (Wildman–Crippen LogP) is 2.49. The summed E-state index contributed by atoms with van der Waals surface area (Å²) in [6.07, 6.45) is 3.76. The highest BCUT2D eigenvalue weighted by atomic mass is 19.1. The summed E-state index contributed by atoms with van der Waals surface area (Å²) in [7, 11) is 4.20. The molecule has 0 saturated carbocycles. The summed E-state index contributed by atoms with van der Waals surface area (Å²) < 4.78 is 14.4. The number of piperidine rings is 1. The van der Waals surface area contributed by atoms with Gasteiger partial charge in [-0.25, -0.2) is 4.39 Å². The number of pyridine rings is 1. The van der Waals surface area contributed by atoms with E-state index in [4.69, 9.17) is 5.73 Å². The lowest BCUT2D eigenvalue weighted by molar-refractivity contribution is 0.249. The second-order valence-electron chi connectivity index (χ2n) is 5.88. The van der Waals surface area contributed by atoms with Gasteiger partial charge in [0.25, 0.3) is 0 Å². The number of hydrogen-bond acceptors (Lipinski definition) is 4. The van der Waals surface area contributed by atoms with Gasteiger partial charge in [-0.1, -0.05) is 0 Å². The predicted molar refractivity (Wildman–Crippen MR) is 85.0 cm³/mol. The van der Waals surface area contributed by atoms with E-state index in [0.29, 0.717) is 22.9 Å². The normalized spacial score (nSPS) is 16.9. The Morgan fingerprint density at radius 3 is 2.71 bits per heavy atom. The molecule has 0 aliphatic carbocycles. The van der Waals surface area contributed by atoms with Gasteiger partial charge in [0.2, 0.25) is 0 Å². The van der Waals surface area contributed by atoms with Crippen LogP contribution in [-0.4, -0.2) is 43.1 Å². The van der Waals surface area contributed by atoms with Gasteiger partial charge >= 0.3 is 0 Å². The molecule has 1 aromatic heterocycles. The Labute approximate surface area is 124 Å². The number of nitrogens with two attached hydrogens (primary N) is 1. The smallest absolute Gasteiger partial charge is 0.150 e. The van der Waals surface area contributed by atoms with Crippen molar-refractivity contribution in [3.8, 4) is 0 Å². The molecule has 1 aliphatic rings. The molecule has 3 rings (SSSR count). The van der Waals surface area contributed by atoms with Crippen LogP contribution in [0.2, 0.25) is 0 Å². The average Bonchev–Trinajstić information content (AvgIpc) is 2.48. The van der Waals surface area contributed by atoms with Crippen LogP contribution < -0.4 is 10.6 Å². The van der Waals surface area contributed by atoms with Crippen molar-refractivity contribution in [3.05, 3.63) is 30.2 Å². The molecular weight excluding hydrogens is 267 g/mol. The van der Waals surface area contributed by atoms with Crippen LogP contribution >= 0.6 is 0 Å². The van der Waals surface area contributed by atoms with E-state index in [-0.39, 0.29) is 5.82 Å². The van der Waals surface area contributed by atoms with E-state index in [1.807, 2.05) is 12.1 Å². The summed E-state index contributed by atoms with van der Waals surface area (Å²) in [5.41, 5.74) is 7.62. The van der Waals surface area contributed by atoms with Crippen molar-refractivity contribution in [2.45, 2.75) is 18.9 Å². The van der Waals surface area contributed by atoms with Crippen molar-refractivity contribution in [1.29, 1.82) is 0 Å². The second kappa shape index (κ2) is 5.48. The summed E-state index contributed by atoms with van der Waals surface area (Å²) in [6.45, 7) is 1.69. The molecule has 0 bridgehead atoms. The number of benzene rings is 1. The standard InChI is InChI=1S/C16H21FN4/c1-20(2)11-5-8-21(9-6-11)16-13(17)10-14(18)12-4-3-7-19-15(12)16/h3-4,7,10-11H,5-6,8-9,18H2,1-2H3. The minimum Gasteiger partial charge on any atom is -0.398 e. The van der Waals surface area contributed by atoms with E-state index in [9.17, 15) is 4.39 Å². The summed E-state index contributed by atoms with van der Waals surface area (Å²) >= 11 is 0. The highest BCUT2D eigenvalue weighted by molar-refractivity contribution is 5.98. The topological polar surface area (TPSA) is 45.4 Å². The molecule has 4 nitrogen and oxygen atoms in total.